The molecule has 2 aromatic rings. The third-order valence-electron chi connectivity index (χ3n) is 3.18. The first kappa shape index (κ1) is 15.4. The van der Waals surface area contributed by atoms with Crippen LogP contribution in [0.1, 0.15) is 24.1 Å². The van der Waals surface area contributed by atoms with Gasteiger partial charge in [-0.05, 0) is 42.3 Å². The molecule has 0 aliphatic carbocycles. The average molecular weight is 301 g/mol. The van der Waals surface area contributed by atoms with Gasteiger partial charge in [-0.1, -0.05) is 35.9 Å². The fraction of sp³-hybridized carbons (Fsp3) is 0.235. The van der Waals surface area contributed by atoms with Gasteiger partial charge in [-0.15, -0.1) is 0 Å². The minimum Gasteiger partial charge on any atom is -0.479 e. The molecule has 0 heterocycles. The van der Waals surface area contributed by atoms with Gasteiger partial charge >= 0.3 is 0 Å². The lowest BCUT2D eigenvalue weighted by Gasteiger charge is -2.15. The van der Waals surface area contributed by atoms with Crippen LogP contribution < -0.4 is 10.1 Å². The molecule has 0 aliphatic heterocycles. The van der Waals surface area contributed by atoms with E-state index >= 15 is 0 Å². The van der Waals surface area contributed by atoms with Gasteiger partial charge < -0.3 is 10.1 Å². The van der Waals surface area contributed by atoms with Gasteiger partial charge in [0.1, 0.15) is 11.8 Å². The monoisotopic (exact) mass is 300 g/mol. The second-order valence-corrected chi connectivity index (χ2v) is 5.18. The average Bonchev–Trinajstić information content (AvgIpc) is 2.52. The molecule has 0 saturated heterocycles. The molecule has 108 valence electrons. The summed E-state index contributed by atoms with van der Waals surface area (Å²) in [6, 6.07) is 17.8. The van der Waals surface area contributed by atoms with Crippen molar-refractivity contribution in [1.82, 2.24) is 5.32 Å². The summed E-state index contributed by atoms with van der Waals surface area (Å²) in [6.45, 7) is 2.91. The molecule has 0 aromatic heterocycles. The highest BCUT2D eigenvalue weighted by molar-refractivity contribution is 6.30. The van der Waals surface area contributed by atoms with Gasteiger partial charge in [0.15, 0.2) is 6.61 Å². The van der Waals surface area contributed by atoms with Crippen molar-refractivity contribution in [2.24, 2.45) is 0 Å². The Kier molecular flexibility index (Phi) is 5.62. The van der Waals surface area contributed by atoms with Gasteiger partial charge in [-0.2, -0.15) is 5.26 Å². The number of nitrogens with one attached hydrogen (secondary N) is 1. The van der Waals surface area contributed by atoms with Crippen molar-refractivity contribution in [3.05, 3.63) is 64.7 Å². The predicted molar refractivity (Wildman–Crippen MR) is 84.3 cm³/mol. The van der Waals surface area contributed by atoms with E-state index in [0.29, 0.717) is 0 Å². The minimum atomic E-state index is 0.0675. The molecule has 0 saturated carbocycles. The van der Waals surface area contributed by atoms with Crippen LogP contribution in [-0.2, 0) is 6.54 Å². The maximum absolute atomic E-state index is 8.52. The van der Waals surface area contributed by atoms with E-state index in [4.69, 9.17) is 21.6 Å². The summed E-state index contributed by atoms with van der Waals surface area (Å²) in [6.07, 6.45) is 0. The van der Waals surface area contributed by atoms with E-state index in [9.17, 15) is 0 Å². The van der Waals surface area contributed by atoms with E-state index in [1.54, 1.807) is 0 Å². The third kappa shape index (κ3) is 4.78. The predicted octanol–water partition coefficient (Wildman–Crippen LogP) is 4.09. The van der Waals surface area contributed by atoms with Crippen LogP contribution in [0.2, 0.25) is 5.02 Å². The highest BCUT2D eigenvalue weighted by Gasteiger charge is 2.05. The molecule has 0 unspecified atom stereocenters. The van der Waals surface area contributed by atoms with E-state index in [1.165, 1.54) is 5.56 Å². The molecule has 0 radical (unpaired) electrons. The fourth-order valence-electron chi connectivity index (χ4n) is 2.00. The lowest BCUT2D eigenvalue weighted by Crippen LogP contribution is -2.18. The Morgan fingerprint density at radius 1 is 1.24 bits per heavy atom. The zero-order valence-electron chi connectivity index (χ0n) is 11.8. The van der Waals surface area contributed by atoms with Crippen molar-refractivity contribution in [3.8, 4) is 11.8 Å². The number of hydrogen-bond donors (Lipinski definition) is 1. The molecule has 21 heavy (non-hydrogen) atoms. The molecule has 4 heteroatoms. The molecule has 1 N–H and O–H groups in total. The summed E-state index contributed by atoms with van der Waals surface area (Å²) in [5, 5.41) is 12.7. The van der Waals surface area contributed by atoms with Crippen LogP contribution in [0.15, 0.2) is 48.5 Å². The summed E-state index contributed by atoms with van der Waals surface area (Å²) in [4.78, 5) is 0. The van der Waals surface area contributed by atoms with Gasteiger partial charge in [-0.3, -0.25) is 0 Å². The molecule has 2 aromatic carbocycles. The van der Waals surface area contributed by atoms with Crippen molar-refractivity contribution < 1.29 is 4.74 Å². The maximum Gasteiger partial charge on any atom is 0.174 e. The molecule has 0 fully saturated rings. The molecule has 1 atom stereocenters. The molecule has 0 amide bonds. The Balaban J connectivity index is 1.93. The number of nitriles is 1. The minimum absolute atomic E-state index is 0.0675. The van der Waals surface area contributed by atoms with E-state index in [0.717, 1.165) is 22.9 Å². The Morgan fingerprint density at radius 3 is 2.71 bits per heavy atom. The van der Waals surface area contributed by atoms with Gasteiger partial charge in [-0.25, -0.2) is 0 Å². The van der Waals surface area contributed by atoms with Crippen molar-refractivity contribution in [2.45, 2.75) is 19.5 Å². The Hall–Kier alpha value is -2.02. The molecule has 0 bridgehead atoms. The van der Waals surface area contributed by atoms with Crippen LogP contribution in [0.4, 0.5) is 0 Å². The van der Waals surface area contributed by atoms with E-state index in [1.807, 2.05) is 54.6 Å². The lowest BCUT2D eigenvalue weighted by molar-refractivity contribution is 0.367. The highest BCUT2D eigenvalue weighted by Crippen LogP contribution is 2.18. The quantitative estimate of drug-likeness (QED) is 0.874. The summed E-state index contributed by atoms with van der Waals surface area (Å²) >= 11 is 5.89. The molecule has 0 aliphatic rings. The Labute approximate surface area is 130 Å². The van der Waals surface area contributed by atoms with E-state index in [2.05, 4.69) is 12.2 Å². The molecule has 2 rings (SSSR count). The van der Waals surface area contributed by atoms with E-state index < -0.39 is 0 Å². The first-order valence-corrected chi connectivity index (χ1v) is 7.14. The zero-order chi connectivity index (χ0) is 15.1. The van der Waals surface area contributed by atoms with Crippen LogP contribution in [0.5, 0.6) is 5.75 Å². The number of nitrogens with zero attached hydrogens (tertiary/aromatic N) is 1. The van der Waals surface area contributed by atoms with Gasteiger partial charge in [0.05, 0.1) is 0 Å². The first-order valence-electron chi connectivity index (χ1n) is 6.76. The smallest absolute Gasteiger partial charge is 0.174 e. The Bertz CT molecular complexity index is 619. The largest absolute Gasteiger partial charge is 0.479 e. The van der Waals surface area contributed by atoms with Crippen LogP contribution in [-0.4, -0.2) is 6.61 Å². The second-order valence-electron chi connectivity index (χ2n) is 4.75. The topological polar surface area (TPSA) is 45.0 Å². The highest BCUT2D eigenvalue weighted by atomic mass is 35.5. The van der Waals surface area contributed by atoms with Gasteiger partial charge in [0.2, 0.25) is 0 Å². The number of benzene rings is 2. The van der Waals surface area contributed by atoms with Crippen LogP contribution in [0.3, 0.4) is 0 Å². The zero-order valence-corrected chi connectivity index (χ0v) is 12.6. The molecule has 0 spiro atoms. The standard InChI is InChI=1S/C17H17ClN2O/c1-13(15-5-7-16(18)8-6-15)20-12-14-3-2-4-17(11-14)21-10-9-19/h2-8,11,13,20H,10,12H2,1H3/t13-/m0/s1. The second kappa shape index (κ2) is 7.68. The van der Waals surface area contributed by atoms with Crippen molar-refractivity contribution >= 4 is 11.6 Å². The van der Waals surface area contributed by atoms with E-state index in [-0.39, 0.29) is 12.6 Å². The van der Waals surface area contributed by atoms with Crippen LogP contribution in [0, 0.1) is 11.3 Å². The summed E-state index contributed by atoms with van der Waals surface area (Å²) in [7, 11) is 0. The summed E-state index contributed by atoms with van der Waals surface area (Å²) in [5.41, 5.74) is 2.31. The van der Waals surface area contributed by atoms with Crippen molar-refractivity contribution in [1.29, 1.82) is 5.26 Å². The molecule has 3 nitrogen and oxygen atoms in total. The van der Waals surface area contributed by atoms with Crippen molar-refractivity contribution in [2.75, 3.05) is 6.61 Å². The normalized spacial score (nSPS) is 11.7. The van der Waals surface area contributed by atoms with Crippen molar-refractivity contribution in [3.63, 3.8) is 0 Å². The molecular formula is C17H17ClN2O. The first-order chi connectivity index (χ1) is 10.2. The van der Waals surface area contributed by atoms with Gasteiger partial charge in [0, 0.05) is 17.6 Å². The van der Waals surface area contributed by atoms with Crippen LogP contribution in [0.25, 0.3) is 0 Å². The number of ether oxygens (including phenoxy) is 1. The summed E-state index contributed by atoms with van der Waals surface area (Å²) < 4.78 is 5.30. The maximum atomic E-state index is 8.52. The third-order valence-corrected chi connectivity index (χ3v) is 3.44. The van der Waals surface area contributed by atoms with Gasteiger partial charge in [0.25, 0.3) is 0 Å². The fourth-order valence-corrected chi connectivity index (χ4v) is 2.13. The summed E-state index contributed by atoms with van der Waals surface area (Å²) in [5.74, 6) is 0.718. The Morgan fingerprint density at radius 2 is 2.00 bits per heavy atom. The number of halogens is 1. The number of rotatable bonds is 6. The SMILES string of the molecule is C[C@H](NCc1cccc(OCC#N)c1)c1ccc(Cl)cc1. The molecular weight excluding hydrogens is 284 g/mol. The number of hydrogen-bond acceptors (Lipinski definition) is 3. The van der Waals surface area contributed by atoms with Crippen LogP contribution >= 0.6 is 11.6 Å². The lowest BCUT2D eigenvalue weighted by atomic mass is 10.1.